The number of pyridine rings is 1. The van der Waals surface area contributed by atoms with Gasteiger partial charge < -0.3 is 5.11 Å². The van der Waals surface area contributed by atoms with E-state index in [0.717, 1.165) is 11.1 Å². The van der Waals surface area contributed by atoms with Crippen LogP contribution in [0, 0.1) is 6.92 Å². The van der Waals surface area contributed by atoms with Gasteiger partial charge in [0.1, 0.15) is 9.53 Å². The number of carboxylic acid groups (broad SMARTS) is 1. The second kappa shape index (κ2) is 3.61. The van der Waals surface area contributed by atoms with Crippen LogP contribution in [0.25, 0.3) is 20.4 Å². The lowest BCUT2D eigenvalue weighted by Crippen LogP contribution is -2.17. The largest absolute Gasteiger partial charge is 0.476 e. The van der Waals surface area contributed by atoms with Gasteiger partial charge in [0.05, 0.1) is 5.52 Å². The van der Waals surface area contributed by atoms with Crippen LogP contribution >= 0.6 is 11.3 Å². The van der Waals surface area contributed by atoms with E-state index in [9.17, 15) is 9.59 Å². The minimum Gasteiger partial charge on any atom is -0.476 e. The van der Waals surface area contributed by atoms with Crippen LogP contribution in [0.15, 0.2) is 16.9 Å². The molecule has 0 radical (unpaired) electrons. The molecule has 18 heavy (non-hydrogen) atoms. The second-order valence-electron chi connectivity index (χ2n) is 3.82. The van der Waals surface area contributed by atoms with Gasteiger partial charge in [-0.1, -0.05) is 0 Å². The number of carbonyl (C=O) groups is 1. The van der Waals surface area contributed by atoms with Gasteiger partial charge in [-0.2, -0.15) is 5.10 Å². The van der Waals surface area contributed by atoms with E-state index in [1.54, 1.807) is 0 Å². The molecule has 0 saturated carbocycles. The molecule has 0 bridgehead atoms. The number of carboxylic acids is 1. The van der Waals surface area contributed by atoms with E-state index in [-0.39, 0.29) is 0 Å². The summed E-state index contributed by atoms with van der Waals surface area (Å²) in [5.41, 5.74) is 0.313. The van der Waals surface area contributed by atoms with Crippen molar-refractivity contribution in [3.05, 3.63) is 33.7 Å². The van der Waals surface area contributed by atoms with Crippen LogP contribution in [0.1, 0.15) is 16.2 Å². The van der Waals surface area contributed by atoms with Gasteiger partial charge in [-0.05, 0) is 19.1 Å². The number of aryl methyl sites for hydroxylation is 1. The Morgan fingerprint density at radius 2 is 2.22 bits per heavy atom. The van der Waals surface area contributed by atoms with E-state index in [1.165, 1.54) is 11.3 Å². The molecule has 0 aliphatic heterocycles. The fourth-order valence-electron chi connectivity index (χ4n) is 1.76. The molecule has 3 rings (SSSR count). The Kier molecular flexibility index (Phi) is 2.17. The number of hydrogen-bond donors (Lipinski definition) is 2. The van der Waals surface area contributed by atoms with Gasteiger partial charge in [-0.3, -0.25) is 9.89 Å². The number of hydrogen-bond acceptors (Lipinski definition) is 5. The van der Waals surface area contributed by atoms with Crippen molar-refractivity contribution in [1.82, 2.24) is 15.2 Å². The standard InChI is InChI=1S/C11H7N3O3S/c1-4-2-3-5-6-9(18-10(5)12-4)8(15)7(11(16)17)14-13-6/h2-3H,1H3,(H,13,15)(H,16,17). The quantitative estimate of drug-likeness (QED) is 0.692. The summed E-state index contributed by atoms with van der Waals surface area (Å²) in [6, 6.07) is 3.67. The van der Waals surface area contributed by atoms with Crippen LogP contribution in [0.5, 0.6) is 0 Å². The Labute approximate surface area is 104 Å². The number of nitrogens with zero attached hydrogens (tertiary/aromatic N) is 2. The van der Waals surface area contributed by atoms with E-state index in [4.69, 9.17) is 5.11 Å². The summed E-state index contributed by atoms with van der Waals surface area (Å²) in [4.78, 5) is 27.8. The van der Waals surface area contributed by atoms with E-state index >= 15 is 0 Å². The summed E-state index contributed by atoms with van der Waals surface area (Å²) in [6.07, 6.45) is 0. The average Bonchev–Trinajstić information content (AvgIpc) is 2.67. The van der Waals surface area contributed by atoms with Gasteiger partial charge in [0.15, 0.2) is 0 Å². The number of thiophene rings is 1. The summed E-state index contributed by atoms with van der Waals surface area (Å²) in [5, 5.41) is 15.8. The number of fused-ring (bicyclic) bond motifs is 3. The Morgan fingerprint density at radius 3 is 2.94 bits per heavy atom. The fourth-order valence-corrected chi connectivity index (χ4v) is 2.87. The molecule has 0 unspecified atom stereocenters. The summed E-state index contributed by atoms with van der Waals surface area (Å²) < 4.78 is 0.343. The van der Waals surface area contributed by atoms with E-state index in [0.29, 0.717) is 15.0 Å². The molecule has 3 aromatic heterocycles. The molecule has 0 spiro atoms. The van der Waals surface area contributed by atoms with Crippen molar-refractivity contribution in [2.45, 2.75) is 6.92 Å². The summed E-state index contributed by atoms with van der Waals surface area (Å²) >= 11 is 1.18. The molecular weight excluding hydrogens is 254 g/mol. The van der Waals surface area contributed by atoms with Crippen LogP contribution in [-0.4, -0.2) is 26.3 Å². The number of aromatic amines is 1. The molecule has 2 N–H and O–H groups in total. The molecule has 3 heterocycles. The molecule has 0 saturated heterocycles. The molecule has 0 amide bonds. The van der Waals surface area contributed by atoms with E-state index in [1.807, 2.05) is 19.1 Å². The molecule has 7 heteroatoms. The fraction of sp³-hybridized carbons (Fsp3) is 0.0909. The molecule has 0 aliphatic carbocycles. The summed E-state index contributed by atoms with van der Waals surface area (Å²) in [7, 11) is 0. The van der Waals surface area contributed by atoms with Gasteiger partial charge in [0.2, 0.25) is 11.1 Å². The Balaban J connectivity index is 2.50. The van der Waals surface area contributed by atoms with Crippen LogP contribution < -0.4 is 5.43 Å². The minimum atomic E-state index is -1.33. The number of nitrogens with one attached hydrogen (secondary N) is 1. The molecular formula is C11H7N3O3S. The van der Waals surface area contributed by atoms with Crippen LogP contribution in [0.3, 0.4) is 0 Å². The third kappa shape index (κ3) is 1.41. The Hall–Kier alpha value is -2.28. The first-order chi connectivity index (χ1) is 8.58. The Morgan fingerprint density at radius 1 is 1.44 bits per heavy atom. The SMILES string of the molecule is Cc1ccc2c(n1)sc1c(=O)c(C(=O)O)n[nH]c12. The molecule has 0 aliphatic rings. The van der Waals surface area contributed by atoms with Crippen molar-refractivity contribution in [2.75, 3.05) is 0 Å². The number of rotatable bonds is 1. The summed E-state index contributed by atoms with van der Waals surface area (Å²) in [5.74, 6) is -1.33. The smallest absolute Gasteiger partial charge is 0.360 e. The highest BCUT2D eigenvalue weighted by Gasteiger charge is 2.17. The van der Waals surface area contributed by atoms with Crippen molar-refractivity contribution in [3.63, 3.8) is 0 Å². The van der Waals surface area contributed by atoms with E-state index < -0.39 is 17.1 Å². The monoisotopic (exact) mass is 261 g/mol. The van der Waals surface area contributed by atoms with Gasteiger partial charge in [-0.25, -0.2) is 9.78 Å². The Bertz CT molecular complexity index is 850. The highest BCUT2D eigenvalue weighted by molar-refractivity contribution is 7.25. The van der Waals surface area contributed by atoms with Crippen molar-refractivity contribution < 1.29 is 9.90 Å². The van der Waals surface area contributed by atoms with Crippen molar-refractivity contribution in [3.8, 4) is 0 Å². The van der Waals surface area contributed by atoms with Crippen molar-refractivity contribution >= 4 is 37.7 Å². The predicted octanol–water partition coefficient (Wildman–Crippen LogP) is 1.54. The molecule has 90 valence electrons. The van der Waals surface area contributed by atoms with E-state index in [2.05, 4.69) is 15.2 Å². The number of H-pyrrole nitrogens is 1. The van der Waals surface area contributed by atoms with Crippen molar-refractivity contribution in [2.24, 2.45) is 0 Å². The minimum absolute atomic E-state index is 0.343. The van der Waals surface area contributed by atoms with Gasteiger partial charge >= 0.3 is 5.97 Å². The third-order valence-corrected chi connectivity index (χ3v) is 3.70. The van der Waals surface area contributed by atoms with Gasteiger partial charge in [0.25, 0.3) is 0 Å². The molecule has 6 nitrogen and oxygen atoms in total. The first-order valence-corrected chi connectivity index (χ1v) is 5.91. The van der Waals surface area contributed by atoms with Crippen LogP contribution in [-0.2, 0) is 0 Å². The highest BCUT2D eigenvalue weighted by Crippen LogP contribution is 2.28. The first kappa shape index (κ1) is 10.8. The van der Waals surface area contributed by atoms with Gasteiger partial charge in [-0.15, -0.1) is 11.3 Å². The first-order valence-electron chi connectivity index (χ1n) is 5.10. The molecule has 0 atom stereocenters. The maximum absolute atomic E-state index is 11.9. The lowest BCUT2D eigenvalue weighted by Gasteiger charge is -1.94. The topological polar surface area (TPSA) is 95.9 Å². The van der Waals surface area contributed by atoms with Crippen LogP contribution in [0.2, 0.25) is 0 Å². The number of aromatic nitrogens is 3. The second-order valence-corrected chi connectivity index (χ2v) is 4.82. The third-order valence-electron chi connectivity index (χ3n) is 2.60. The zero-order valence-electron chi connectivity index (χ0n) is 9.22. The zero-order valence-corrected chi connectivity index (χ0v) is 10.0. The molecule has 0 aromatic carbocycles. The van der Waals surface area contributed by atoms with Crippen LogP contribution in [0.4, 0.5) is 0 Å². The summed E-state index contributed by atoms with van der Waals surface area (Å²) in [6.45, 7) is 1.85. The molecule has 3 aromatic rings. The lowest BCUT2D eigenvalue weighted by atomic mass is 10.2. The van der Waals surface area contributed by atoms with Crippen molar-refractivity contribution in [1.29, 1.82) is 0 Å². The highest BCUT2D eigenvalue weighted by atomic mass is 32.1. The average molecular weight is 261 g/mol. The van der Waals surface area contributed by atoms with Gasteiger partial charge in [0, 0.05) is 11.1 Å². The zero-order chi connectivity index (χ0) is 12.9. The number of aromatic carboxylic acids is 1. The predicted molar refractivity (Wildman–Crippen MR) is 67.2 cm³/mol. The maximum Gasteiger partial charge on any atom is 0.360 e. The lowest BCUT2D eigenvalue weighted by molar-refractivity contribution is 0.0688. The molecule has 0 fully saturated rings. The maximum atomic E-state index is 11.9. The normalized spacial score (nSPS) is 11.2.